The molecule has 0 aliphatic carbocycles. The summed E-state index contributed by atoms with van der Waals surface area (Å²) in [6, 6.07) is 20.2. The molecule has 2 aliphatic heterocycles. The third kappa shape index (κ3) is 3.86. The molecule has 1 aromatic heterocycles. The van der Waals surface area contributed by atoms with Crippen molar-refractivity contribution in [3.63, 3.8) is 0 Å². The highest BCUT2D eigenvalue weighted by Crippen LogP contribution is 2.26. The summed E-state index contributed by atoms with van der Waals surface area (Å²) in [5.74, 6) is 0.151. The lowest BCUT2D eigenvalue weighted by Crippen LogP contribution is -2.57. The van der Waals surface area contributed by atoms with Gasteiger partial charge in [-0.2, -0.15) is 15.0 Å². The second kappa shape index (κ2) is 8.38. The summed E-state index contributed by atoms with van der Waals surface area (Å²) < 4.78 is 0. The van der Waals surface area contributed by atoms with Crippen molar-refractivity contribution >= 4 is 5.91 Å². The predicted molar refractivity (Wildman–Crippen MR) is 114 cm³/mol. The highest BCUT2D eigenvalue weighted by Gasteiger charge is 2.40. The summed E-state index contributed by atoms with van der Waals surface area (Å²) in [5.41, 5.74) is 2.64. The van der Waals surface area contributed by atoms with E-state index < -0.39 is 0 Å². The number of para-hydroxylation sites is 1. The number of rotatable bonds is 6. The fourth-order valence-electron chi connectivity index (χ4n) is 4.46. The van der Waals surface area contributed by atoms with Crippen LogP contribution in [0, 0.1) is 0 Å². The van der Waals surface area contributed by atoms with Crippen molar-refractivity contribution in [3.8, 4) is 5.69 Å². The maximum Gasteiger partial charge on any atom is 0.254 e. The summed E-state index contributed by atoms with van der Waals surface area (Å²) in [4.78, 5) is 19.3. The van der Waals surface area contributed by atoms with Crippen molar-refractivity contribution in [3.05, 3.63) is 78.1 Å². The first kappa shape index (κ1) is 19.0. The lowest BCUT2D eigenvalue weighted by molar-refractivity contribution is 0.0494. The van der Waals surface area contributed by atoms with Crippen LogP contribution in [0.4, 0.5) is 0 Å². The number of aromatic nitrogens is 3. The van der Waals surface area contributed by atoms with Gasteiger partial charge in [-0.1, -0.05) is 36.4 Å². The molecular weight excluding hydrogens is 376 g/mol. The molecule has 2 aliphatic rings. The first-order chi connectivity index (χ1) is 14.8. The molecule has 3 heterocycles. The van der Waals surface area contributed by atoms with E-state index in [1.807, 2.05) is 60.7 Å². The van der Waals surface area contributed by atoms with Crippen molar-refractivity contribution in [2.24, 2.45) is 0 Å². The Bertz CT molecular complexity index is 989. The number of fused-ring (bicyclic) bond motifs is 2. The van der Waals surface area contributed by atoms with Gasteiger partial charge in [-0.05, 0) is 30.7 Å². The maximum atomic E-state index is 13.0. The Morgan fingerprint density at radius 3 is 2.60 bits per heavy atom. The van der Waals surface area contributed by atoms with E-state index in [0.29, 0.717) is 18.6 Å². The molecule has 0 radical (unpaired) electrons. The van der Waals surface area contributed by atoms with Crippen LogP contribution in [-0.4, -0.2) is 69.0 Å². The van der Waals surface area contributed by atoms with Crippen molar-refractivity contribution in [2.45, 2.75) is 25.0 Å². The van der Waals surface area contributed by atoms with E-state index in [1.54, 1.807) is 11.0 Å². The number of carbonyl (C=O) groups excluding carboxylic acids is 1. The maximum absolute atomic E-state index is 13.0. The Morgan fingerprint density at radius 2 is 1.80 bits per heavy atom. The molecule has 2 saturated heterocycles. The molecule has 2 aromatic carbocycles. The van der Waals surface area contributed by atoms with Crippen LogP contribution in [0.5, 0.6) is 0 Å². The van der Waals surface area contributed by atoms with Gasteiger partial charge in [0.2, 0.25) is 0 Å². The van der Waals surface area contributed by atoms with E-state index in [-0.39, 0.29) is 5.91 Å². The number of benzene rings is 2. The summed E-state index contributed by atoms with van der Waals surface area (Å²) in [7, 11) is 0. The summed E-state index contributed by atoms with van der Waals surface area (Å²) >= 11 is 0. The minimum Gasteiger partial charge on any atom is -0.333 e. The fourth-order valence-corrected chi connectivity index (χ4v) is 4.46. The van der Waals surface area contributed by atoms with Gasteiger partial charge in [-0.25, -0.2) is 0 Å². The Balaban J connectivity index is 1.19. The molecule has 30 heavy (non-hydrogen) atoms. The molecule has 5 rings (SSSR count). The van der Waals surface area contributed by atoms with Gasteiger partial charge >= 0.3 is 0 Å². The van der Waals surface area contributed by atoms with Crippen molar-refractivity contribution in [1.82, 2.24) is 30.1 Å². The minimum atomic E-state index is 0.151. The van der Waals surface area contributed by atoms with E-state index in [4.69, 9.17) is 0 Å². The molecule has 0 spiro atoms. The van der Waals surface area contributed by atoms with E-state index >= 15 is 0 Å². The smallest absolute Gasteiger partial charge is 0.254 e. The van der Waals surface area contributed by atoms with E-state index in [9.17, 15) is 4.79 Å². The average molecular weight is 403 g/mol. The SMILES string of the molecule is O=C(c1ccccc1)N1CC(CNCc2cnn(-c3ccccc3)n2)N2CCC1C2. The second-order valence-corrected chi connectivity index (χ2v) is 8.01. The highest BCUT2D eigenvalue weighted by atomic mass is 16.2. The second-order valence-electron chi connectivity index (χ2n) is 8.01. The number of carbonyl (C=O) groups is 1. The van der Waals surface area contributed by atoms with Crippen molar-refractivity contribution in [1.29, 1.82) is 0 Å². The quantitative estimate of drug-likeness (QED) is 0.683. The van der Waals surface area contributed by atoms with E-state index in [2.05, 4.69) is 25.3 Å². The zero-order chi connectivity index (χ0) is 20.3. The normalized spacial score (nSPS) is 22.9. The van der Waals surface area contributed by atoms with Crippen LogP contribution in [0.2, 0.25) is 0 Å². The first-order valence-corrected chi connectivity index (χ1v) is 10.6. The van der Waals surface area contributed by atoms with Crippen LogP contribution in [0.1, 0.15) is 22.5 Å². The Hall–Kier alpha value is -3.03. The molecule has 3 unspecified atom stereocenters. The minimum absolute atomic E-state index is 0.151. The summed E-state index contributed by atoms with van der Waals surface area (Å²) in [5, 5.41) is 12.4. The molecule has 1 amide bonds. The molecule has 3 aromatic rings. The van der Waals surface area contributed by atoms with Crippen LogP contribution in [0.3, 0.4) is 0 Å². The zero-order valence-corrected chi connectivity index (χ0v) is 16.9. The van der Waals surface area contributed by atoms with E-state index in [0.717, 1.165) is 49.5 Å². The molecule has 7 heteroatoms. The molecule has 154 valence electrons. The topological polar surface area (TPSA) is 66.3 Å². The number of hydrogen-bond acceptors (Lipinski definition) is 5. The number of nitrogens with zero attached hydrogens (tertiary/aromatic N) is 5. The van der Waals surface area contributed by atoms with Crippen LogP contribution in [0.15, 0.2) is 66.9 Å². The van der Waals surface area contributed by atoms with Crippen LogP contribution >= 0.6 is 0 Å². The predicted octanol–water partition coefficient (Wildman–Crippen LogP) is 1.96. The van der Waals surface area contributed by atoms with Gasteiger partial charge in [0.1, 0.15) is 0 Å². The molecule has 2 bridgehead atoms. The first-order valence-electron chi connectivity index (χ1n) is 10.6. The molecule has 0 saturated carbocycles. The van der Waals surface area contributed by atoms with Crippen LogP contribution in [0.25, 0.3) is 5.69 Å². The number of piperazine rings is 1. The lowest BCUT2D eigenvalue weighted by Gasteiger charge is -2.40. The third-order valence-electron chi connectivity index (χ3n) is 6.05. The van der Waals surface area contributed by atoms with Gasteiger partial charge in [0.25, 0.3) is 5.91 Å². The van der Waals surface area contributed by atoms with Crippen molar-refractivity contribution < 1.29 is 4.79 Å². The van der Waals surface area contributed by atoms with Gasteiger partial charge in [0, 0.05) is 50.4 Å². The number of hydrogen-bond donors (Lipinski definition) is 1. The fraction of sp³-hybridized carbons (Fsp3) is 0.348. The van der Waals surface area contributed by atoms with Gasteiger partial charge < -0.3 is 10.2 Å². The van der Waals surface area contributed by atoms with Gasteiger partial charge in [0.15, 0.2) is 0 Å². The van der Waals surface area contributed by atoms with Crippen molar-refractivity contribution in [2.75, 3.05) is 26.2 Å². The van der Waals surface area contributed by atoms with Crippen LogP contribution in [-0.2, 0) is 6.54 Å². The Kier molecular flexibility index (Phi) is 5.29. The highest BCUT2D eigenvalue weighted by molar-refractivity contribution is 5.94. The average Bonchev–Trinajstić information content (AvgIpc) is 3.44. The standard InChI is InChI=1S/C23H26N6O/c30-23(18-7-3-1-4-8-18)28-17-22(27-12-11-21(28)16-27)15-24-13-19-14-25-29(26-19)20-9-5-2-6-10-20/h1-10,14,21-22,24H,11-13,15-17H2. The van der Waals surface area contributed by atoms with E-state index in [1.165, 1.54) is 0 Å². The van der Waals surface area contributed by atoms with Gasteiger partial charge in [-0.3, -0.25) is 9.69 Å². The molecule has 2 fully saturated rings. The Morgan fingerprint density at radius 1 is 1.03 bits per heavy atom. The summed E-state index contributed by atoms with van der Waals surface area (Å²) in [6.07, 6.45) is 2.86. The van der Waals surface area contributed by atoms with Gasteiger partial charge in [-0.15, -0.1) is 0 Å². The molecular formula is C23H26N6O. The number of amides is 1. The zero-order valence-electron chi connectivity index (χ0n) is 16.9. The Labute approximate surface area is 176 Å². The largest absolute Gasteiger partial charge is 0.333 e. The lowest BCUT2D eigenvalue weighted by atomic mass is 10.1. The molecule has 1 N–H and O–H groups in total. The monoisotopic (exact) mass is 402 g/mol. The number of nitrogens with one attached hydrogen (secondary N) is 1. The third-order valence-corrected chi connectivity index (χ3v) is 6.05. The van der Waals surface area contributed by atoms with Gasteiger partial charge in [0.05, 0.1) is 17.6 Å². The summed E-state index contributed by atoms with van der Waals surface area (Å²) in [6.45, 7) is 4.27. The molecule has 7 nitrogen and oxygen atoms in total. The van der Waals surface area contributed by atoms with Crippen LogP contribution < -0.4 is 5.32 Å². The molecule has 3 atom stereocenters.